The van der Waals surface area contributed by atoms with Crippen LogP contribution < -0.4 is 9.47 Å². The van der Waals surface area contributed by atoms with Crippen LogP contribution in [0.2, 0.25) is 0 Å². The van der Waals surface area contributed by atoms with Crippen molar-refractivity contribution in [1.82, 2.24) is 0 Å². The number of carbonyl (C=O) groups excluding carboxylic acids is 1. The van der Waals surface area contributed by atoms with E-state index in [2.05, 4.69) is 9.47 Å². The molecule has 2 rings (SSSR count). The minimum Gasteiger partial charge on any atom is -0.431 e. The Morgan fingerprint density at radius 2 is 1.68 bits per heavy atom. The fraction of sp³-hybridized carbons (Fsp3) is 0.417. The van der Waals surface area contributed by atoms with Crippen molar-refractivity contribution < 1.29 is 31.8 Å². The van der Waals surface area contributed by atoms with E-state index in [1.165, 1.54) is 6.07 Å². The minimum atomic E-state index is -3.16. The predicted octanol–water partition coefficient (Wildman–Crippen LogP) is 3.34. The lowest BCUT2D eigenvalue weighted by Gasteiger charge is -2.25. The maximum atomic E-state index is 12.2. The van der Waals surface area contributed by atoms with E-state index >= 15 is 0 Å². The van der Waals surface area contributed by atoms with Crippen LogP contribution in [0.4, 0.5) is 17.6 Å². The van der Waals surface area contributed by atoms with Gasteiger partial charge in [-0.25, -0.2) is 0 Å². The lowest BCUT2D eigenvalue weighted by Crippen LogP contribution is -2.23. The Hall–Kier alpha value is -1.79. The smallest absolute Gasteiger partial charge is 0.387 e. The highest BCUT2D eigenvalue weighted by atomic mass is 19.3. The number of rotatable bonds is 5. The molecule has 1 aliphatic rings. The first-order valence-electron chi connectivity index (χ1n) is 5.53. The Morgan fingerprint density at radius 1 is 1.05 bits per heavy atom. The van der Waals surface area contributed by atoms with Gasteiger partial charge < -0.3 is 9.47 Å². The average molecular weight is 278 g/mol. The van der Waals surface area contributed by atoms with Crippen LogP contribution >= 0.6 is 0 Å². The fourth-order valence-electron chi connectivity index (χ4n) is 1.88. The molecule has 0 saturated heterocycles. The van der Waals surface area contributed by atoms with Gasteiger partial charge in [-0.1, -0.05) is 6.07 Å². The maximum absolute atomic E-state index is 12.2. The molecule has 0 aromatic heterocycles. The van der Waals surface area contributed by atoms with Crippen molar-refractivity contribution in [3.05, 3.63) is 23.8 Å². The van der Waals surface area contributed by atoms with Gasteiger partial charge in [-0.3, -0.25) is 4.79 Å². The van der Waals surface area contributed by atoms with E-state index in [4.69, 9.17) is 0 Å². The number of benzene rings is 1. The SMILES string of the molecule is O=C1CCC1c1ccc(OC(F)F)c(OC(F)F)c1. The van der Waals surface area contributed by atoms with Crippen molar-refractivity contribution in [3.63, 3.8) is 0 Å². The van der Waals surface area contributed by atoms with Crippen LogP contribution in [-0.4, -0.2) is 19.0 Å². The highest BCUT2D eigenvalue weighted by molar-refractivity contribution is 5.91. The zero-order valence-electron chi connectivity index (χ0n) is 9.61. The van der Waals surface area contributed by atoms with E-state index in [1.807, 2.05) is 0 Å². The molecule has 0 aliphatic heterocycles. The minimum absolute atomic E-state index is 0.00877. The fourth-order valence-corrected chi connectivity index (χ4v) is 1.88. The van der Waals surface area contributed by atoms with Gasteiger partial charge in [0.2, 0.25) is 0 Å². The molecule has 1 unspecified atom stereocenters. The molecule has 0 bridgehead atoms. The van der Waals surface area contributed by atoms with Gasteiger partial charge in [-0.2, -0.15) is 17.6 Å². The molecule has 1 aromatic rings. The van der Waals surface area contributed by atoms with Gasteiger partial charge in [0.25, 0.3) is 0 Å². The van der Waals surface area contributed by atoms with E-state index in [0.29, 0.717) is 18.4 Å². The molecule has 1 atom stereocenters. The molecule has 0 spiro atoms. The van der Waals surface area contributed by atoms with Crippen LogP contribution in [0, 0.1) is 0 Å². The molecule has 1 aliphatic carbocycles. The largest absolute Gasteiger partial charge is 0.431 e. The van der Waals surface area contributed by atoms with Gasteiger partial charge in [0.05, 0.1) is 0 Å². The molecule has 0 heterocycles. The number of alkyl halides is 4. The van der Waals surface area contributed by atoms with Crippen LogP contribution in [0.5, 0.6) is 11.5 Å². The number of Topliss-reactive ketones (excluding diaryl/α,β-unsaturated/α-hetero) is 1. The number of ether oxygens (including phenoxy) is 2. The normalized spacial score (nSPS) is 18.6. The first-order chi connectivity index (χ1) is 8.97. The van der Waals surface area contributed by atoms with Gasteiger partial charge in [-0.05, 0) is 24.1 Å². The van der Waals surface area contributed by atoms with Crippen LogP contribution in [0.15, 0.2) is 18.2 Å². The highest BCUT2D eigenvalue weighted by Gasteiger charge is 2.30. The molecular formula is C12H10F4O3. The van der Waals surface area contributed by atoms with Crippen molar-refractivity contribution in [2.45, 2.75) is 32.0 Å². The van der Waals surface area contributed by atoms with Gasteiger partial charge in [0.15, 0.2) is 11.5 Å². The van der Waals surface area contributed by atoms with Gasteiger partial charge in [-0.15, -0.1) is 0 Å². The first-order valence-corrected chi connectivity index (χ1v) is 5.53. The monoisotopic (exact) mass is 278 g/mol. The Labute approximate surface area is 106 Å². The summed E-state index contributed by atoms with van der Waals surface area (Å²) < 4.78 is 56.9. The molecule has 0 amide bonds. The summed E-state index contributed by atoms with van der Waals surface area (Å²) in [5.41, 5.74) is 0.466. The van der Waals surface area contributed by atoms with E-state index in [1.54, 1.807) is 0 Å². The predicted molar refractivity (Wildman–Crippen MR) is 56.7 cm³/mol. The van der Waals surface area contributed by atoms with E-state index in [9.17, 15) is 22.4 Å². The Morgan fingerprint density at radius 3 is 2.16 bits per heavy atom. The molecule has 3 nitrogen and oxygen atoms in total. The number of hydrogen-bond acceptors (Lipinski definition) is 3. The van der Waals surface area contributed by atoms with Crippen molar-refractivity contribution in [3.8, 4) is 11.5 Å². The molecular weight excluding hydrogens is 268 g/mol. The Bertz CT molecular complexity index is 476. The zero-order valence-corrected chi connectivity index (χ0v) is 9.61. The first kappa shape index (κ1) is 13.6. The second-order valence-electron chi connectivity index (χ2n) is 4.02. The third kappa shape index (κ3) is 3.15. The molecule has 1 saturated carbocycles. The van der Waals surface area contributed by atoms with E-state index in [-0.39, 0.29) is 11.7 Å². The van der Waals surface area contributed by atoms with Crippen LogP contribution in [0.3, 0.4) is 0 Å². The highest BCUT2D eigenvalue weighted by Crippen LogP contribution is 2.38. The molecule has 0 N–H and O–H groups in total. The summed E-state index contributed by atoms with van der Waals surface area (Å²) in [5, 5.41) is 0. The van der Waals surface area contributed by atoms with E-state index in [0.717, 1.165) is 12.1 Å². The zero-order chi connectivity index (χ0) is 14.0. The van der Waals surface area contributed by atoms with Gasteiger partial charge >= 0.3 is 13.2 Å². The number of carbonyl (C=O) groups is 1. The number of halogens is 4. The van der Waals surface area contributed by atoms with Crippen LogP contribution in [0.25, 0.3) is 0 Å². The molecule has 1 fully saturated rings. The third-order valence-corrected chi connectivity index (χ3v) is 2.87. The third-order valence-electron chi connectivity index (χ3n) is 2.87. The molecule has 1 aromatic carbocycles. The summed E-state index contributed by atoms with van der Waals surface area (Å²) >= 11 is 0. The summed E-state index contributed by atoms with van der Waals surface area (Å²) in [7, 11) is 0. The number of ketones is 1. The maximum Gasteiger partial charge on any atom is 0.387 e. The van der Waals surface area contributed by atoms with Gasteiger partial charge in [0, 0.05) is 12.3 Å². The Balaban J connectivity index is 2.26. The lowest BCUT2D eigenvalue weighted by molar-refractivity contribution is -0.125. The lowest BCUT2D eigenvalue weighted by atomic mass is 9.78. The molecule has 0 radical (unpaired) electrons. The second kappa shape index (κ2) is 5.46. The summed E-state index contributed by atoms with van der Waals surface area (Å²) in [4.78, 5) is 11.3. The molecule has 7 heteroatoms. The summed E-state index contributed by atoms with van der Waals surface area (Å²) in [5.74, 6) is -1.36. The standard InChI is InChI=1S/C12H10F4O3/c13-11(14)18-9-4-1-6(7-2-3-8(7)17)5-10(9)19-12(15)16/h1,4-5,7,11-12H,2-3H2. The van der Waals surface area contributed by atoms with Crippen molar-refractivity contribution >= 4 is 5.78 Å². The summed E-state index contributed by atoms with van der Waals surface area (Å²) in [6, 6.07) is 3.65. The molecule has 19 heavy (non-hydrogen) atoms. The van der Waals surface area contributed by atoms with Crippen molar-refractivity contribution in [2.75, 3.05) is 0 Å². The van der Waals surface area contributed by atoms with Crippen LogP contribution in [0.1, 0.15) is 24.3 Å². The van der Waals surface area contributed by atoms with E-state index < -0.39 is 24.7 Å². The quantitative estimate of drug-likeness (QED) is 0.775. The summed E-state index contributed by atoms with van der Waals surface area (Å²) in [6.07, 6.45) is 1.05. The van der Waals surface area contributed by atoms with Crippen molar-refractivity contribution in [1.29, 1.82) is 0 Å². The van der Waals surface area contributed by atoms with Gasteiger partial charge in [0.1, 0.15) is 5.78 Å². The van der Waals surface area contributed by atoms with Crippen molar-refractivity contribution in [2.24, 2.45) is 0 Å². The summed E-state index contributed by atoms with van der Waals surface area (Å²) in [6.45, 7) is -6.30. The molecule has 104 valence electrons. The average Bonchev–Trinajstić information content (AvgIpc) is 2.29. The van der Waals surface area contributed by atoms with Crippen LogP contribution in [-0.2, 0) is 4.79 Å². The Kier molecular flexibility index (Phi) is 3.92. The topological polar surface area (TPSA) is 35.5 Å². The second-order valence-corrected chi connectivity index (χ2v) is 4.02. The number of hydrogen-bond donors (Lipinski definition) is 0.